The van der Waals surface area contributed by atoms with Crippen LogP contribution in [0.15, 0.2) is 43.0 Å². The van der Waals surface area contributed by atoms with Crippen LogP contribution in [0, 0.1) is 17.8 Å². The van der Waals surface area contributed by atoms with Crippen molar-refractivity contribution in [3.8, 4) is 0 Å². The Bertz CT molecular complexity index is 2460. The molecule has 412 valence electrons. The zero-order valence-corrected chi connectivity index (χ0v) is 44.5. The van der Waals surface area contributed by atoms with E-state index in [4.69, 9.17) is 11.5 Å². The first kappa shape index (κ1) is 60.5. The molecular formula is C50H75N13O11S. The van der Waals surface area contributed by atoms with Gasteiger partial charge in [0, 0.05) is 48.4 Å². The number of hydrogen-bond acceptors (Lipinski definition) is 13. The highest BCUT2D eigenvalue weighted by Gasteiger charge is 2.38. The number of aliphatic carboxylic acids is 1. The summed E-state index contributed by atoms with van der Waals surface area (Å²) in [6.45, 7) is 10.2. The Balaban J connectivity index is 1.48. The van der Waals surface area contributed by atoms with Crippen LogP contribution in [-0.4, -0.2) is 158 Å². The highest BCUT2D eigenvalue weighted by molar-refractivity contribution is 7.98. The Kier molecular flexibility index (Phi) is 23.5. The maximum atomic E-state index is 14.3. The average molecular weight is 1070 g/mol. The first-order valence-corrected chi connectivity index (χ1v) is 26.6. The summed E-state index contributed by atoms with van der Waals surface area (Å²) in [6.07, 6.45) is 6.72. The third-order valence-corrected chi connectivity index (χ3v) is 13.2. The molecular weight excluding hydrogens is 991 g/mol. The van der Waals surface area contributed by atoms with Crippen molar-refractivity contribution in [3.63, 3.8) is 0 Å². The van der Waals surface area contributed by atoms with Crippen molar-refractivity contribution in [1.29, 1.82) is 0 Å². The number of fused-ring (bicyclic) bond motifs is 1. The Morgan fingerprint density at radius 1 is 0.760 bits per heavy atom. The van der Waals surface area contributed by atoms with Gasteiger partial charge < -0.3 is 68.7 Å². The van der Waals surface area contributed by atoms with Crippen molar-refractivity contribution in [3.05, 3.63) is 54.2 Å². The Hall–Kier alpha value is -7.02. The molecule has 24 nitrogen and oxygen atoms in total. The van der Waals surface area contributed by atoms with Gasteiger partial charge in [0.2, 0.25) is 53.2 Å². The van der Waals surface area contributed by atoms with Gasteiger partial charge >= 0.3 is 5.97 Å². The number of carboxylic acid groups (broad SMARTS) is 1. The van der Waals surface area contributed by atoms with E-state index in [2.05, 4.69) is 52.2 Å². The van der Waals surface area contributed by atoms with E-state index in [1.807, 2.05) is 45.9 Å². The monoisotopic (exact) mass is 1070 g/mol. The first-order valence-electron chi connectivity index (χ1n) is 25.2. The maximum Gasteiger partial charge on any atom is 0.326 e. The number of aromatic amines is 2. The van der Waals surface area contributed by atoms with Crippen molar-refractivity contribution in [1.82, 2.24) is 57.1 Å². The SMILES string of the molecule is CSCC[C@H](NC(=O)[C@@H]1CCCN1C(=O)CNC(=O)[C@H](CC(N)=O)NC(=O)[C@H](Cc1c[nH]c2ccccc12)NC(=O)[C@H](CC(C)C)NC(=O)[C@@H](N)CC(C)C)C(=O)N[C@@H](Cc1cnc[nH]1)C(=O)N[C@H](C(=O)O)C(C)C. The van der Waals surface area contributed by atoms with E-state index in [9.17, 15) is 53.1 Å². The molecule has 4 rings (SSSR count). The highest BCUT2D eigenvalue weighted by Crippen LogP contribution is 2.21. The Morgan fingerprint density at radius 3 is 1.99 bits per heavy atom. The van der Waals surface area contributed by atoms with Gasteiger partial charge in [-0.05, 0) is 73.5 Å². The van der Waals surface area contributed by atoms with Gasteiger partial charge in [0.25, 0.3) is 0 Å². The topological polar surface area (TPSA) is 375 Å². The standard InChI is InChI=1S/C50H75N13O11S/c1-26(2)17-32(51)43(66)58-35(18-27(3)4)46(69)59-36(19-29-22-54-33-12-9-8-11-31(29)33)47(70)61-38(21-40(52)64)44(67)55-24-41(65)63-15-10-13-39(63)49(72)57-34(14-16-75-7)45(68)60-37(20-30-23-53-25-56-30)48(71)62-42(28(5)6)50(73)74/h8-9,11-12,22-23,25-28,32,34-39,42,54H,10,13-21,24,51H2,1-7H3,(H2,52,64)(H,53,56)(H,55,67)(H,57,72)(H,58,66)(H,59,69)(H,60,68)(H,61,70)(H,62,71)(H,73,74)/t32-,34-,35-,36-,37-,38-,39-,42-/m0/s1. The number of primary amides is 1. The number of H-pyrrole nitrogens is 2. The number of benzene rings is 1. The summed E-state index contributed by atoms with van der Waals surface area (Å²) in [7, 11) is 0. The second-order valence-electron chi connectivity index (χ2n) is 20.0. The molecule has 75 heavy (non-hydrogen) atoms. The number of nitrogens with zero attached hydrogens (tertiary/aromatic N) is 2. The van der Waals surface area contributed by atoms with Crippen LogP contribution in [0.1, 0.15) is 91.3 Å². The van der Waals surface area contributed by atoms with Crippen LogP contribution in [-0.2, 0) is 60.8 Å². The van der Waals surface area contributed by atoms with Gasteiger partial charge in [-0.1, -0.05) is 59.7 Å². The van der Waals surface area contributed by atoms with Crippen LogP contribution < -0.4 is 48.7 Å². The summed E-state index contributed by atoms with van der Waals surface area (Å²) >= 11 is 1.40. The fraction of sp³-hybridized carbons (Fsp3) is 0.580. The number of carbonyl (C=O) groups excluding carboxylic acids is 9. The zero-order valence-electron chi connectivity index (χ0n) is 43.7. The molecule has 9 amide bonds. The molecule has 0 bridgehead atoms. The molecule has 1 aliphatic rings. The van der Waals surface area contributed by atoms with Crippen molar-refractivity contribution < 1.29 is 53.1 Å². The van der Waals surface area contributed by atoms with Gasteiger partial charge in [0.15, 0.2) is 0 Å². The average Bonchev–Trinajstić information content (AvgIpc) is 4.14. The minimum Gasteiger partial charge on any atom is -0.480 e. The second-order valence-corrected chi connectivity index (χ2v) is 21.0. The molecule has 3 heterocycles. The molecule has 0 aliphatic carbocycles. The number of hydrogen-bond donors (Lipinski definition) is 12. The normalized spacial score (nSPS) is 16.3. The van der Waals surface area contributed by atoms with Gasteiger partial charge in [-0.15, -0.1) is 0 Å². The molecule has 0 unspecified atom stereocenters. The summed E-state index contributed by atoms with van der Waals surface area (Å²) in [5, 5.41) is 28.8. The molecule has 0 radical (unpaired) electrons. The van der Waals surface area contributed by atoms with Crippen molar-refractivity contribution in [2.45, 2.75) is 141 Å². The minimum absolute atomic E-state index is 0.0708. The maximum absolute atomic E-state index is 14.3. The highest BCUT2D eigenvalue weighted by atomic mass is 32.2. The minimum atomic E-state index is -1.63. The number of carbonyl (C=O) groups is 10. The van der Waals surface area contributed by atoms with Crippen LogP contribution in [0.4, 0.5) is 0 Å². The van der Waals surface area contributed by atoms with Crippen LogP contribution >= 0.6 is 11.8 Å². The largest absolute Gasteiger partial charge is 0.480 e. The summed E-state index contributed by atoms with van der Waals surface area (Å²) < 4.78 is 0. The summed E-state index contributed by atoms with van der Waals surface area (Å²) in [5.41, 5.74) is 13.5. The van der Waals surface area contributed by atoms with E-state index in [0.717, 1.165) is 10.9 Å². The lowest BCUT2D eigenvalue weighted by Gasteiger charge is -2.28. The first-order chi connectivity index (χ1) is 35.5. The van der Waals surface area contributed by atoms with Crippen LogP contribution in [0.3, 0.4) is 0 Å². The molecule has 1 aromatic carbocycles. The molecule has 1 aliphatic heterocycles. The molecule has 3 aromatic rings. The van der Waals surface area contributed by atoms with E-state index in [0.29, 0.717) is 29.9 Å². The number of nitrogens with one attached hydrogen (secondary N) is 9. The van der Waals surface area contributed by atoms with Gasteiger partial charge in [0.05, 0.1) is 25.3 Å². The Labute approximate surface area is 440 Å². The predicted octanol–water partition coefficient (Wildman–Crippen LogP) is -0.519. The molecule has 25 heteroatoms. The van der Waals surface area contributed by atoms with E-state index >= 15 is 0 Å². The van der Waals surface area contributed by atoms with Crippen LogP contribution in [0.2, 0.25) is 0 Å². The predicted molar refractivity (Wildman–Crippen MR) is 280 cm³/mol. The van der Waals surface area contributed by atoms with Crippen LogP contribution in [0.5, 0.6) is 0 Å². The van der Waals surface area contributed by atoms with Crippen molar-refractivity contribution in [2.24, 2.45) is 29.2 Å². The van der Waals surface area contributed by atoms with Gasteiger partial charge in [-0.3, -0.25) is 43.2 Å². The van der Waals surface area contributed by atoms with E-state index in [1.165, 1.54) is 29.2 Å². The lowest BCUT2D eigenvalue weighted by atomic mass is 9.99. The Morgan fingerprint density at radius 2 is 1.37 bits per heavy atom. The number of nitrogens with two attached hydrogens (primary N) is 2. The smallest absolute Gasteiger partial charge is 0.326 e. The number of thioether (sulfide) groups is 1. The summed E-state index contributed by atoms with van der Waals surface area (Å²) in [6, 6.07) is -2.48. The fourth-order valence-corrected chi connectivity index (χ4v) is 9.12. The molecule has 0 saturated carbocycles. The number of rotatable bonds is 30. The molecule has 14 N–H and O–H groups in total. The molecule has 1 fully saturated rings. The zero-order chi connectivity index (χ0) is 55.5. The van der Waals surface area contributed by atoms with E-state index in [1.54, 1.807) is 32.4 Å². The second kappa shape index (κ2) is 29.2. The molecule has 1 saturated heterocycles. The number of imidazole rings is 1. The van der Waals surface area contributed by atoms with Gasteiger partial charge in [-0.25, -0.2) is 9.78 Å². The summed E-state index contributed by atoms with van der Waals surface area (Å²) in [4.78, 5) is 146. The number of aromatic nitrogens is 3. The van der Waals surface area contributed by atoms with Gasteiger partial charge in [-0.2, -0.15) is 11.8 Å². The van der Waals surface area contributed by atoms with Gasteiger partial charge in [0.1, 0.15) is 42.3 Å². The molecule has 8 atom stereocenters. The summed E-state index contributed by atoms with van der Waals surface area (Å²) in [5.74, 6) is -8.22. The molecule has 2 aromatic heterocycles. The van der Waals surface area contributed by atoms with E-state index < -0.39 is 126 Å². The number of amides is 9. The third-order valence-electron chi connectivity index (χ3n) is 12.5. The number of likely N-dealkylation sites (tertiary alicyclic amines) is 1. The van der Waals surface area contributed by atoms with Crippen molar-refractivity contribution in [2.75, 3.05) is 25.1 Å². The fourth-order valence-electron chi connectivity index (χ4n) is 8.64. The quantitative estimate of drug-likeness (QED) is 0.0400. The van der Waals surface area contributed by atoms with E-state index in [-0.39, 0.29) is 50.5 Å². The lowest BCUT2D eigenvalue weighted by Crippen LogP contribution is -2.59. The third kappa shape index (κ3) is 18.7. The lowest BCUT2D eigenvalue weighted by molar-refractivity contribution is -0.143. The van der Waals surface area contributed by atoms with Crippen LogP contribution in [0.25, 0.3) is 10.9 Å². The number of para-hydroxylation sites is 1. The number of carboxylic acids is 1. The van der Waals surface area contributed by atoms with Crippen molar-refractivity contribution >= 4 is 81.8 Å². The molecule has 0 spiro atoms.